The molecule has 63 heavy (non-hydrogen) atoms. The van der Waals surface area contributed by atoms with E-state index in [0.29, 0.717) is 42.5 Å². The third-order valence-corrected chi connectivity index (χ3v) is 15.5. The van der Waals surface area contributed by atoms with Gasteiger partial charge in [0.1, 0.15) is 18.4 Å². The van der Waals surface area contributed by atoms with Crippen LogP contribution in [0.25, 0.3) is 21.5 Å². The Morgan fingerprint density at radius 1 is 0.635 bits per heavy atom. The van der Waals surface area contributed by atoms with Crippen LogP contribution in [0.15, 0.2) is 79.0 Å². The lowest BCUT2D eigenvalue weighted by Crippen LogP contribution is -2.39. The Labute approximate surface area is 376 Å². The molecule has 2 spiro atoms. The Morgan fingerprint density at radius 3 is 1.68 bits per heavy atom. The van der Waals surface area contributed by atoms with Crippen molar-refractivity contribution >= 4 is 44.5 Å². The first-order valence-corrected chi connectivity index (χ1v) is 23.6. The van der Waals surface area contributed by atoms with Gasteiger partial charge in [-0.15, -0.1) is 0 Å². The molecule has 0 bridgehead atoms. The topological polar surface area (TPSA) is 83.0 Å². The minimum Gasteiger partial charge on any atom is -0.462 e. The number of fused-ring (bicyclic) bond motifs is 6. The van der Waals surface area contributed by atoms with Crippen LogP contribution in [-0.4, -0.2) is 95.3 Å². The van der Waals surface area contributed by atoms with Crippen LogP contribution in [0, 0.1) is 13.8 Å². The summed E-state index contributed by atoms with van der Waals surface area (Å²) in [6.07, 6.45) is 11.6. The van der Waals surface area contributed by atoms with Crippen molar-refractivity contribution in [2.75, 3.05) is 63.3 Å². The van der Waals surface area contributed by atoms with Crippen LogP contribution in [0.1, 0.15) is 85.0 Å². The predicted molar refractivity (Wildman–Crippen MR) is 253 cm³/mol. The van der Waals surface area contributed by atoms with Crippen molar-refractivity contribution in [3.8, 4) is 12.0 Å². The molecule has 6 aromatic rings. The van der Waals surface area contributed by atoms with Gasteiger partial charge in [-0.05, 0) is 126 Å². The number of benzene rings is 4. The summed E-state index contributed by atoms with van der Waals surface area (Å²) in [5.74, 6) is 0. The van der Waals surface area contributed by atoms with Crippen molar-refractivity contribution in [3.05, 3.63) is 118 Å². The van der Waals surface area contributed by atoms with Crippen molar-refractivity contribution in [1.29, 1.82) is 0 Å². The SMILES string of the molecule is Cc1cccc2cccc(N3Cc4nc(OC[C@@H]5CCCN5C)nc(Cl)c4C4(CC4)C3)c12.Cc1cccc2cccc(N3Cc4nc(OC[C@@H]5CCCN5C)ncc4C4(CC4)C3)c12. The Balaban J connectivity index is 0.000000141. The molecular weight excluding hydrogens is 804 g/mol. The van der Waals surface area contributed by atoms with E-state index in [2.05, 4.69) is 137 Å². The highest BCUT2D eigenvalue weighted by atomic mass is 35.5. The number of nitrogens with zero attached hydrogens (tertiary/aromatic N) is 8. The summed E-state index contributed by atoms with van der Waals surface area (Å²) in [6, 6.07) is 28.2. The second kappa shape index (κ2) is 16.2. The fraction of sp³-hybridized carbons (Fsp3) is 0.462. The summed E-state index contributed by atoms with van der Waals surface area (Å²) in [6.45, 7) is 11.5. The number of aryl methyl sites for hydroxylation is 2. The molecule has 12 rings (SSSR count). The summed E-state index contributed by atoms with van der Waals surface area (Å²) >= 11 is 6.75. The lowest BCUT2D eigenvalue weighted by Gasteiger charge is -2.37. The number of hydrogen-bond acceptors (Lipinski definition) is 10. The molecule has 0 amide bonds. The molecule has 2 aromatic heterocycles. The van der Waals surface area contributed by atoms with E-state index in [1.54, 1.807) is 0 Å². The molecule has 11 heteroatoms. The van der Waals surface area contributed by atoms with E-state index >= 15 is 0 Å². The van der Waals surface area contributed by atoms with Gasteiger partial charge >= 0.3 is 12.0 Å². The Bertz CT molecular complexity index is 2690. The van der Waals surface area contributed by atoms with Gasteiger partial charge in [-0.2, -0.15) is 15.0 Å². The van der Waals surface area contributed by atoms with E-state index in [0.717, 1.165) is 75.5 Å². The van der Waals surface area contributed by atoms with Gasteiger partial charge in [0, 0.05) is 75.5 Å². The van der Waals surface area contributed by atoms with Gasteiger partial charge < -0.3 is 29.1 Å². The molecule has 0 N–H and O–H groups in total. The second-order valence-corrected chi connectivity index (χ2v) is 19.8. The molecule has 0 radical (unpaired) electrons. The van der Waals surface area contributed by atoms with Crippen LogP contribution in [0.2, 0.25) is 5.15 Å². The molecule has 4 aromatic carbocycles. The fourth-order valence-corrected chi connectivity index (χ4v) is 11.7. The van der Waals surface area contributed by atoms with Gasteiger partial charge in [0.15, 0.2) is 0 Å². The Hall–Kier alpha value is -5.03. The number of hydrogen-bond donors (Lipinski definition) is 0. The van der Waals surface area contributed by atoms with Crippen LogP contribution in [-0.2, 0) is 23.9 Å². The highest BCUT2D eigenvalue weighted by Gasteiger charge is 2.52. The van der Waals surface area contributed by atoms with Gasteiger partial charge in [0.2, 0.25) is 0 Å². The minimum absolute atomic E-state index is 0.0692. The summed E-state index contributed by atoms with van der Waals surface area (Å²) < 4.78 is 12.1. The highest BCUT2D eigenvalue weighted by molar-refractivity contribution is 6.30. The number of ether oxygens (including phenoxy) is 2. The van der Waals surface area contributed by atoms with Crippen LogP contribution in [0.3, 0.4) is 0 Å². The van der Waals surface area contributed by atoms with E-state index in [9.17, 15) is 0 Å². The quantitative estimate of drug-likeness (QED) is 0.138. The number of rotatable bonds is 8. The number of halogens is 1. The Morgan fingerprint density at radius 2 is 1.14 bits per heavy atom. The van der Waals surface area contributed by atoms with E-state index in [1.165, 1.54) is 81.7 Å². The molecule has 2 aliphatic carbocycles. The van der Waals surface area contributed by atoms with Crippen LogP contribution >= 0.6 is 11.6 Å². The summed E-state index contributed by atoms with van der Waals surface area (Å²) in [4.78, 5) is 28.7. The monoisotopic (exact) mass is 862 g/mol. The average molecular weight is 864 g/mol. The third-order valence-electron chi connectivity index (χ3n) is 15.3. The molecule has 2 saturated carbocycles. The predicted octanol–water partition coefficient (Wildman–Crippen LogP) is 9.58. The zero-order valence-corrected chi connectivity index (χ0v) is 38.0. The lowest BCUT2D eigenvalue weighted by molar-refractivity contribution is 0.187. The molecule has 326 valence electrons. The number of likely N-dealkylation sites (N-methyl/N-ethyl adjacent to an activating group) is 2. The molecule has 4 aliphatic heterocycles. The smallest absolute Gasteiger partial charge is 0.318 e. The lowest BCUT2D eigenvalue weighted by atomic mass is 9.90. The standard InChI is InChI=1S/C26H29ClN4O.C26H30N4O/c1-17-6-3-7-18-8-4-10-21(22(17)18)31-14-20-23(26(16-31)11-12-26)24(27)29-25(28-20)32-15-19-9-5-13-30(19)2;1-18-6-3-7-19-8-4-10-23(24(18)19)30-15-22-21(26(17-30)11-12-26)14-27-25(28-22)31-16-20-9-5-13-29(20)2/h3-4,6-8,10,19H,5,9,11-16H2,1-2H3;3-4,6-8,10,14,20H,5,9,11-13,15-17H2,1-2H3/t19-;20-/m00/s1. The molecule has 10 nitrogen and oxygen atoms in total. The van der Waals surface area contributed by atoms with Gasteiger partial charge in [0.25, 0.3) is 0 Å². The second-order valence-electron chi connectivity index (χ2n) is 19.5. The molecule has 4 fully saturated rings. The van der Waals surface area contributed by atoms with E-state index in [1.807, 2.05) is 0 Å². The highest BCUT2D eigenvalue weighted by Crippen LogP contribution is 2.56. The number of anilines is 2. The zero-order valence-electron chi connectivity index (χ0n) is 37.2. The zero-order chi connectivity index (χ0) is 42.9. The normalized spacial score (nSPS) is 22.0. The molecule has 2 saturated heterocycles. The van der Waals surface area contributed by atoms with Gasteiger partial charge in [-0.25, -0.2) is 4.98 Å². The van der Waals surface area contributed by atoms with E-state index in [4.69, 9.17) is 31.0 Å². The first-order chi connectivity index (χ1) is 30.7. The first kappa shape index (κ1) is 40.7. The van der Waals surface area contributed by atoms with Gasteiger partial charge in [-0.1, -0.05) is 72.3 Å². The molecule has 0 unspecified atom stereocenters. The number of likely N-dealkylation sites (tertiary alicyclic amines) is 2. The maximum atomic E-state index is 6.75. The maximum absolute atomic E-state index is 6.75. The van der Waals surface area contributed by atoms with Crippen molar-refractivity contribution in [3.63, 3.8) is 0 Å². The minimum atomic E-state index is 0.0692. The van der Waals surface area contributed by atoms with Crippen LogP contribution in [0.4, 0.5) is 11.4 Å². The molecule has 6 aliphatic rings. The van der Waals surface area contributed by atoms with Gasteiger partial charge in [0.05, 0.1) is 24.5 Å². The third kappa shape index (κ3) is 7.65. The van der Waals surface area contributed by atoms with Crippen molar-refractivity contribution in [1.82, 2.24) is 29.7 Å². The van der Waals surface area contributed by atoms with E-state index in [-0.39, 0.29) is 10.8 Å². The van der Waals surface area contributed by atoms with E-state index < -0.39 is 0 Å². The average Bonchev–Trinajstić information content (AvgIpc) is 4.14. The van der Waals surface area contributed by atoms with Crippen molar-refractivity contribution < 1.29 is 9.47 Å². The molecule has 6 heterocycles. The van der Waals surface area contributed by atoms with Gasteiger partial charge in [-0.3, -0.25) is 0 Å². The van der Waals surface area contributed by atoms with Crippen molar-refractivity contribution in [2.24, 2.45) is 0 Å². The largest absolute Gasteiger partial charge is 0.462 e. The fourth-order valence-electron chi connectivity index (χ4n) is 11.3. The summed E-state index contributed by atoms with van der Waals surface area (Å²) in [5.41, 5.74) is 10.2. The maximum Gasteiger partial charge on any atom is 0.318 e. The first-order valence-electron chi connectivity index (χ1n) is 23.2. The number of aromatic nitrogens is 4. The summed E-state index contributed by atoms with van der Waals surface area (Å²) in [5, 5.41) is 5.86. The van der Waals surface area contributed by atoms with Crippen molar-refractivity contribution in [2.45, 2.75) is 101 Å². The molecule has 2 atom stereocenters. The van der Waals surface area contributed by atoms with Crippen LogP contribution < -0.4 is 19.3 Å². The van der Waals surface area contributed by atoms with Crippen LogP contribution in [0.5, 0.6) is 12.0 Å². The molecular formula is C52H59ClN8O2. The summed E-state index contributed by atoms with van der Waals surface area (Å²) in [7, 11) is 4.33. The Kier molecular flexibility index (Phi) is 10.5.